The van der Waals surface area contributed by atoms with Crippen LogP contribution in [0.3, 0.4) is 0 Å². The molecule has 0 fully saturated rings. The molecule has 0 saturated carbocycles. The van der Waals surface area contributed by atoms with Crippen molar-refractivity contribution in [2.75, 3.05) is 13.1 Å². The van der Waals surface area contributed by atoms with E-state index in [9.17, 15) is 4.79 Å². The lowest BCUT2D eigenvalue weighted by Gasteiger charge is -2.14. The van der Waals surface area contributed by atoms with Crippen LogP contribution in [0.5, 0.6) is 0 Å². The smallest absolute Gasteiger partial charge is 0.233 e. The molecule has 1 rings (SSSR count). The van der Waals surface area contributed by atoms with Gasteiger partial charge in [0.2, 0.25) is 5.91 Å². The fourth-order valence-electron chi connectivity index (χ4n) is 1.49. The van der Waals surface area contributed by atoms with E-state index in [1.54, 1.807) is 0 Å². The number of hydrogen-bond donors (Lipinski definition) is 2. The normalized spacial score (nSPS) is 12.5. The zero-order valence-electron chi connectivity index (χ0n) is 10.9. The van der Waals surface area contributed by atoms with Gasteiger partial charge in [0, 0.05) is 12.6 Å². The van der Waals surface area contributed by atoms with E-state index in [4.69, 9.17) is 0 Å². The SMILES string of the molecule is CC(C)CNC(=O)CNC(C)c1ccccc1. The first-order chi connectivity index (χ1) is 8.09. The third-order valence-electron chi connectivity index (χ3n) is 2.58. The quantitative estimate of drug-likeness (QED) is 0.791. The van der Waals surface area contributed by atoms with Crippen LogP contribution in [0.1, 0.15) is 32.4 Å². The highest BCUT2D eigenvalue weighted by Gasteiger charge is 2.07. The molecule has 17 heavy (non-hydrogen) atoms. The predicted molar refractivity (Wildman–Crippen MR) is 70.7 cm³/mol. The first-order valence-electron chi connectivity index (χ1n) is 6.14. The Hall–Kier alpha value is -1.35. The van der Waals surface area contributed by atoms with Crippen LogP contribution in [-0.4, -0.2) is 19.0 Å². The third-order valence-corrected chi connectivity index (χ3v) is 2.58. The number of hydrogen-bond acceptors (Lipinski definition) is 2. The van der Waals surface area contributed by atoms with Gasteiger partial charge < -0.3 is 10.6 Å². The first kappa shape index (κ1) is 13.7. The molecule has 0 aliphatic heterocycles. The second kappa shape index (κ2) is 7.07. The highest BCUT2D eigenvalue weighted by Crippen LogP contribution is 2.10. The van der Waals surface area contributed by atoms with Crippen molar-refractivity contribution in [2.24, 2.45) is 5.92 Å². The summed E-state index contributed by atoms with van der Waals surface area (Å²) >= 11 is 0. The van der Waals surface area contributed by atoms with Crippen LogP contribution in [0.4, 0.5) is 0 Å². The molecule has 1 aromatic rings. The van der Waals surface area contributed by atoms with Crippen LogP contribution in [-0.2, 0) is 4.79 Å². The summed E-state index contributed by atoms with van der Waals surface area (Å²) in [6, 6.07) is 10.3. The first-order valence-corrected chi connectivity index (χ1v) is 6.14. The summed E-state index contributed by atoms with van der Waals surface area (Å²) in [5.74, 6) is 0.548. The van der Waals surface area contributed by atoms with Gasteiger partial charge in [-0.1, -0.05) is 44.2 Å². The lowest BCUT2D eigenvalue weighted by atomic mass is 10.1. The zero-order chi connectivity index (χ0) is 12.7. The lowest BCUT2D eigenvalue weighted by molar-refractivity contribution is -0.120. The van der Waals surface area contributed by atoms with Gasteiger partial charge in [-0.05, 0) is 18.4 Å². The number of rotatable bonds is 6. The Morgan fingerprint density at radius 2 is 1.82 bits per heavy atom. The largest absolute Gasteiger partial charge is 0.355 e. The molecule has 1 amide bonds. The van der Waals surface area contributed by atoms with Crippen molar-refractivity contribution in [2.45, 2.75) is 26.8 Å². The van der Waals surface area contributed by atoms with Crippen molar-refractivity contribution < 1.29 is 4.79 Å². The van der Waals surface area contributed by atoms with Gasteiger partial charge in [0.25, 0.3) is 0 Å². The van der Waals surface area contributed by atoms with E-state index in [-0.39, 0.29) is 11.9 Å². The standard InChI is InChI=1S/C14H22N2O/c1-11(2)9-16-14(17)10-15-12(3)13-7-5-4-6-8-13/h4-8,11-12,15H,9-10H2,1-3H3,(H,16,17). The van der Waals surface area contributed by atoms with Gasteiger partial charge in [-0.15, -0.1) is 0 Å². The van der Waals surface area contributed by atoms with Gasteiger partial charge in [0.05, 0.1) is 6.54 Å². The van der Waals surface area contributed by atoms with Gasteiger partial charge >= 0.3 is 0 Å². The van der Waals surface area contributed by atoms with Crippen molar-refractivity contribution in [3.05, 3.63) is 35.9 Å². The highest BCUT2D eigenvalue weighted by atomic mass is 16.1. The van der Waals surface area contributed by atoms with Crippen molar-refractivity contribution in [3.8, 4) is 0 Å². The van der Waals surface area contributed by atoms with Crippen LogP contribution in [0.2, 0.25) is 0 Å². The lowest BCUT2D eigenvalue weighted by Crippen LogP contribution is -2.36. The molecule has 0 spiro atoms. The molecule has 1 unspecified atom stereocenters. The van der Waals surface area contributed by atoms with E-state index in [1.807, 2.05) is 18.2 Å². The molecule has 0 aromatic heterocycles. The molecule has 0 aliphatic rings. The monoisotopic (exact) mass is 234 g/mol. The Labute approximate surface area is 104 Å². The number of carbonyl (C=O) groups is 1. The summed E-state index contributed by atoms with van der Waals surface area (Å²) in [6.07, 6.45) is 0. The molecule has 1 atom stereocenters. The summed E-state index contributed by atoms with van der Waals surface area (Å²) in [4.78, 5) is 11.5. The fraction of sp³-hybridized carbons (Fsp3) is 0.500. The number of benzene rings is 1. The average Bonchev–Trinajstić information content (AvgIpc) is 2.34. The minimum atomic E-state index is 0.0569. The van der Waals surface area contributed by atoms with Crippen molar-refractivity contribution >= 4 is 5.91 Å². The van der Waals surface area contributed by atoms with Crippen molar-refractivity contribution in [3.63, 3.8) is 0 Å². The van der Waals surface area contributed by atoms with Crippen LogP contribution >= 0.6 is 0 Å². The number of amides is 1. The molecule has 1 aromatic carbocycles. The Balaban J connectivity index is 2.29. The summed E-state index contributed by atoms with van der Waals surface area (Å²) in [5, 5.41) is 6.10. The summed E-state index contributed by atoms with van der Waals surface area (Å²) in [7, 11) is 0. The molecule has 0 bridgehead atoms. The van der Waals surface area contributed by atoms with Gasteiger partial charge in [0.1, 0.15) is 0 Å². The molecule has 0 saturated heterocycles. The molecule has 0 heterocycles. The van der Waals surface area contributed by atoms with Gasteiger partial charge in [-0.25, -0.2) is 0 Å². The van der Waals surface area contributed by atoms with Crippen LogP contribution in [0.25, 0.3) is 0 Å². The van der Waals surface area contributed by atoms with Crippen LogP contribution in [0.15, 0.2) is 30.3 Å². The highest BCUT2D eigenvalue weighted by molar-refractivity contribution is 5.78. The summed E-state index contributed by atoms with van der Waals surface area (Å²) in [5.41, 5.74) is 1.20. The zero-order valence-corrected chi connectivity index (χ0v) is 10.9. The number of carbonyl (C=O) groups excluding carboxylic acids is 1. The minimum Gasteiger partial charge on any atom is -0.355 e. The molecule has 3 heteroatoms. The Kier molecular flexibility index (Phi) is 5.70. The Bertz CT molecular complexity index is 335. The predicted octanol–water partition coefficient (Wildman–Crippen LogP) is 2.11. The maximum atomic E-state index is 11.5. The van der Waals surface area contributed by atoms with E-state index in [1.165, 1.54) is 5.56 Å². The maximum absolute atomic E-state index is 11.5. The maximum Gasteiger partial charge on any atom is 0.233 e. The molecule has 2 N–H and O–H groups in total. The molecule has 94 valence electrons. The summed E-state index contributed by atoms with van der Waals surface area (Å²) < 4.78 is 0. The van der Waals surface area contributed by atoms with Crippen LogP contribution < -0.4 is 10.6 Å². The fourth-order valence-corrected chi connectivity index (χ4v) is 1.49. The molecular formula is C14H22N2O. The molecule has 0 aliphatic carbocycles. The van der Waals surface area contributed by atoms with E-state index in [2.05, 4.69) is 43.5 Å². The second-order valence-corrected chi connectivity index (χ2v) is 4.71. The van der Waals surface area contributed by atoms with E-state index in [0.717, 1.165) is 6.54 Å². The minimum absolute atomic E-state index is 0.0569. The van der Waals surface area contributed by atoms with Crippen LogP contribution in [0, 0.1) is 5.92 Å². The van der Waals surface area contributed by atoms with Gasteiger partial charge in [-0.3, -0.25) is 4.79 Å². The number of nitrogens with one attached hydrogen (secondary N) is 2. The molecular weight excluding hydrogens is 212 g/mol. The third kappa shape index (κ3) is 5.50. The topological polar surface area (TPSA) is 41.1 Å². The molecule has 0 radical (unpaired) electrons. The van der Waals surface area contributed by atoms with Crippen molar-refractivity contribution in [1.82, 2.24) is 10.6 Å². The molecule has 3 nitrogen and oxygen atoms in total. The van der Waals surface area contributed by atoms with E-state index in [0.29, 0.717) is 12.5 Å². The van der Waals surface area contributed by atoms with Crippen molar-refractivity contribution in [1.29, 1.82) is 0 Å². The Morgan fingerprint density at radius 3 is 2.41 bits per heavy atom. The second-order valence-electron chi connectivity index (χ2n) is 4.71. The summed E-state index contributed by atoms with van der Waals surface area (Å²) in [6.45, 7) is 7.33. The van der Waals surface area contributed by atoms with E-state index >= 15 is 0 Å². The Morgan fingerprint density at radius 1 is 1.18 bits per heavy atom. The van der Waals surface area contributed by atoms with E-state index < -0.39 is 0 Å². The van der Waals surface area contributed by atoms with Gasteiger partial charge in [-0.2, -0.15) is 0 Å². The van der Waals surface area contributed by atoms with Gasteiger partial charge in [0.15, 0.2) is 0 Å². The average molecular weight is 234 g/mol.